The minimum Gasteiger partial charge on any atom is -0.457 e. The molecule has 0 aliphatic carbocycles. The summed E-state index contributed by atoms with van der Waals surface area (Å²) in [6.07, 6.45) is 3.96. The standard InChI is InChI=1S/C27H25FN2O3S2/c28-22-10-14-24(15-11-22)33-23-12-8-20(9-13-23)27-29-26(19-34-27)21-6-5-7-25(18-21)35(31,32)30-16-3-1-2-4-17-30/h5-15,18-19H,1-4,16-17H2. The zero-order chi connectivity index (χ0) is 24.3. The van der Waals surface area contributed by atoms with Crippen LogP contribution in [0.3, 0.4) is 0 Å². The molecule has 0 saturated carbocycles. The van der Waals surface area contributed by atoms with E-state index in [1.165, 1.54) is 23.5 Å². The Kier molecular flexibility index (Phi) is 6.95. The fourth-order valence-corrected chi connectivity index (χ4v) is 6.49. The Morgan fingerprint density at radius 3 is 2.17 bits per heavy atom. The summed E-state index contributed by atoms with van der Waals surface area (Å²) in [6.45, 7) is 1.16. The third-order valence-electron chi connectivity index (χ3n) is 5.99. The van der Waals surface area contributed by atoms with E-state index < -0.39 is 10.0 Å². The first-order valence-corrected chi connectivity index (χ1v) is 13.9. The van der Waals surface area contributed by atoms with E-state index >= 15 is 0 Å². The molecule has 2 heterocycles. The maximum Gasteiger partial charge on any atom is 0.243 e. The Hall–Kier alpha value is -3.07. The van der Waals surface area contributed by atoms with Crippen molar-refractivity contribution in [2.45, 2.75) is 30.6 Å². The first kappa shape index (κ1) is 23.7. The van der Waals surface area contributed by atoms with Crippen molar-refractivity contribution >= 4 is 21.4 Å². The molecular formula is C27H25FN2O3S2. The molecule has 0 N–H and O–H groups in total. The minimum absolute atomic E-state index is 0.308. The fourth-order valence-electron chi connectivity index (χ4n) is 4.09. The number of rotatable bonds is 6. The second-order valence-electron chi connectivity index (χ2n) is 8.46. The summed E-state index contributed by atoms with van der Waals surface area (Å²) in [4.78, 5) is 5.07. The molecule has 180 valence electrons. The van der Waals surface area contributed by atoms with Gasteiger partial charge in [0.05, 0.1) is 10.6 Å². The molecule has 1 aliphatic heterocycles. The van der Waals surface area contributed by atoms with Crippen LogP contribution in [0.25, 0.3) is 21.8 Å². The molecule has 3 aromatic carbocycles. The molecule has 1 aromatic heterocycles. The van der Waals surface area contributed by atoms with Crippen LogP contribution >= 0.6 is 11.3 Å². The molecule has 0 radical (unpaired) electrons. The van der Waals surface area contributed by atoms with E-state index in [0.29, 0.717) is 29.5 Å². The van der Waals surface area contributed by atoms with E-state index in [1.807, 2.05) is 35.7 Å². The minimum atomic E-state index is -3.52. The van der Waals surface area contributed by atoms with Gasteiger partial charge in [-0.15, -0.1) is 11.3 Å². The van der Waals surface area contributed by atoms with Gasteiger partial charge in [0.2, 0.25) is 10.0 Å². The summed E-state index contributed by atoms with van der Waals surface area (Å²) in [7, 11) is -3.52. The van der Waals surface area contributed by atoms with Crippen molar-refractivity contribution in [1.82, 2.24) is 9.29 Å². The number of sulfonamides is 1. The lowest BCUT2D eigenvalue weighted by molar-refractivity contribution is 0.424. The molecule has 5 nitrogen and oxygen atoms in total. The molecule has 5 rings (SSSR count). The summed E-state index contributed by atoms with van der Waals surface area (Å²) in [5.74, 6) is 0.895. The van der Waals surface area contributed by atoms with Gasteiger partial charge in [0.25, 0.3) is 0 Å². The highest BCUT2D eigenvalue weighted by molar-refractivity contribution is 7.89. The van der Waals surface area contributed by atoms with Gasteiger partial charge in [0.1, 0.15) is 22.3 Å². The molecule has 4 aromatic rings. The monoisotopic (exact) mass is 508 g/mol. The molecule has 0 amide bonds. The van der Waals surface area contributed by atoms with E-state index in [0.717, 1.165) is 47.5 Å². The van der Waals surface area contributed by atoms with E-state index in [-0.39, 0.29) is 5.82 Å². The van der Waals surface area contributed by atoms with E-state index in [9.17, 15) is 12.8 Å². The van der Waals surface area contributed by atoms with Crippen LogP contribution in [0.4, 0.5) is 4.39 Å². The Bertz CT molecular complexity index is 1390. The van der Waals surface area contributed by atoms with Crippen molar-refractivity contribution in [3.63, 3.8) is 0 Å². The van der Waals surface area contributed by atoms with Crippen molar-refractivity contribution in [2.75, 3.05) is 13.1 Å². The van der Waals surface area contributed by atoms with Gasteiger partial charge in [-0.1, -0.05) is 25.0 Å². The predicted octanol–water partition coefficient (Wildman–Crippen LogP) is 6.97. The summed E-state index contributed by atoms with van der Waals surface area (Å²) < 4.78 is 46.9. The number of ether oxygens (including phenoxy) is 1. The van der Waals surface area contributed by atoms with Crippen molar-refractivity contribution < 1.29 is 17.5 Å². The van der Waals surface area contributed by atoms with E-state index in [4.69, 9.17) is 9.72 Å². The maximum atomic E-state index is 13.2. The molecule has 1 fully saturated rings. The Labute approximate surface area is 208 Å². The number of halogens is 1. The van der Waals surface area contributed by atoms with Gasteiger partial charge in [-0.05, 0) is 73.5 Å². The number of hydrogen-bond donors (Lipinski definition) is 0. The van der Waals surface area contributed by atoms with Crippen LogP contribution in [0.15, 0.2) is 83.1 Å². The molecule has 8 heteroatoms. The summed E-state index contributed by atoms with van der Waals surface area (Å²) >= 11 is 1.50. The summed E-state index contributed by atoms with van der Waals surface area (Å²) in [5.41, 5.74) is 2.45. The number of aromatic nitrogens is 1. The molecule has 0 unspecified atom stereocenters. The average Bonchev–Trinajstić information content (AvgIpc) is 3.20. The predicted molar refractivity (Wildman–Crippen MR) is 137 cm³/mol. The Balaban J connectivity index is 1.33. The van der Waals surface area contributed by atoms with Crippen LogP contribution in [0.5, 0.6) is 11.5 Å². The Morgan fingerprint density at radius 2 is 1.49 bits per heavy atom. The first-order chi connectivity index (χ1) is 17.0. The largest absolute Gasteiger partial charge is 0.457 e. The zero-order valence-electron chi connectivity index (χ0n) is 19.1. The first-order valence-electron chi connectivity index (χ1n) is 11.6. The SMILES string of the molecule is O=S(=O)(c1cccc(-c2csc(-c3ccc(Oc4ccc(F)cc4)cc3)n2)c1)N1CCCCCC1. The van der Waals surface area contributed by atoms with E-state index in [2.05, 4.69) is 0 Å². The molecule has 1 aliphatic rings. The van der Waals surface area contributed by atoms with Crippen molar-refractivity contribution in [1.29, 1.82) is 0 Å². The number of thiazole rings is 1. The molecule has 0 spiro atoms. The van der Waals surface area contributed by atoms with Crippen molar-refractivity contribution in [3.05, 3.63) is 84.0 Å². The van der Waals surface area contributed by atoms with Crippen LogP contribution in [0, 0.1) is 5.82 Å². The van der Waals surface area contributed by atoms with Crippen LogP contribution in [-0.4, -0.2) is 30.8 Å². The highest BCUT2D eigenvalue weighted by Gasteiger charge is 2.25. The van der Waals surface area contributed by atoms with Gasteiger partial charge >= 0.3 is 0 Å². The highest BCUT2D eigenvalue weighted by Crippen LogP contribution is 2.32. The zero-order valence-corrected chi connectivity index (χ0v) is 20.7. The maximum absolute atomic E-state index is 13.2. The molecule has 1 saturated heterocycles. The second-order valence-corrected chi connectivity index (χ2v) is 11.3. The van der Waals surface area contributed by atoms with Gasteiger partial charge < -0.3 is 4.74 Å². The summed E-state index contributed by atoms with van der Waals surface area (Å²) in [5, 5.41) is 2.77. The van der Waals surface area contributed by atoms with Gasteiger partial charge in [-0.2, -0.15) is 4.31 Å². The summed E-state index contributed by atoms with van der Waals surface area (Å²) in [6, 6.07) is 20.4. The lowest BCUT2D eigenvalue weighted by Gasteiger charge is -2.20. The third kappa shape index (κ3) is 5.45. The Morgan fingerprint density at radius 1 is 0.829 bits per heavy atom. The molecular weight excluding hydrogens is 483 g/mol. The smallest absolute Gasteiger partial charge is 0.243 e. The second kappa shape index (κ2) is 10.3. The lowest BCUT2D eigenvalue weighted by atomic mass is 10.2. The van der Waals surface area contributed by atoms with Gasteiger partial charge in [0, 0.05) is 29.6 Å². The van der Waals surface area contributed by atoms with E-state index in [1.54, 1.807) is 34.6 Å². The van der Waals surface area contributed by atoms with Crippen molar-refractivity contribution in [3.8, 4) is 33.3 Å². The molecule has 0 bridgehead atoms. The number of benzene rings is 3. The van der Waals surface area contributed by atoms with Gasteiger partial charge in [0.15, 0.2) is 0 Å². The number of nitrogens with zero attached hydrogens (tertiary/aromatic N) is 2. The molecule has 35 heavy (non-hydrogen) atoms. The third-order valence-corrected chi connectivity index (χ3v) is 8.77. The van der Waals surface area contributed by atoms with Crippen LogP contribution < -0.4 is 4.74 Å². The average molecular weight is 509 g/mol. The highest BCUT2D eigenvalue weighted by atomic mass is 32.2. The van der Waals surface area contributed by atoms with Gasteiger partial charge in [-0.3, -0.25) is 0 Å². The van der Waals surface area contributed by atoms with Crippen LogP contribution in [-0.2, 0) is 10.0 Å². The van der Waals surface area contributed by atoms with Gasteiger partial charge in [-0.25, -0.2) is 17.8 Å². The fraction of sp³-hybridized carbons (Fsp3) is 0.222. The quantitative estimate of drug-likeness (QED) is 0.282. The van der Waals surface area contributed by atoms with Crippen molar-refractivity contribution in [2.24, 2.45) is 0 Å². The van der Waals surface area contributed by atoms with Crippen LogP contribution in [0.2, 0.25) is 0 Å². The molecule has 0 atom stereocenters. The topological polar surface area (TPSA) is 59.5 Å². The number of hydrogen-bond acceptors (Lipinski definition) is 5. The normalized spacial score (nSPS) is 15.0. The van der Waals surface area contributed by atoms with Crippen LogP contribution in [0.1, 0.15) is 25.7 Å². The lowest BCUT2D eigenvalue weighted by Crippen LogP contribution is -2.31.